The number of nitrogens with zero attached hydrogens (tertiary/aromatic N) is 5. The Bertz CT molecular complexity index is 919. The minimum Gasteiger partial charge on any atom is -0.337 e. The van der Waals surface area contributed by atoms with Gasteiger partial charge in [0.1, 0.15) is 17.4 Å². The van der Waals surface area contributed by atoms with Gasteiger partial charge in [0.2, 0.25) is 0 Å². The van der Waals surface area contributed by atoms with Gasteiger partial charge in [0.25, 0.3) is 0 Å². The predicted molar refractivity (Wildman–Crippen MR) is 101 cm³/mol. The Morgan fingerprint density at radius 3 is 2.80 bits per heavy atom. The molecule has 2 aromatic heterocycles. The highest BCUT2D eigenvalue weighted by Gasteiger charge is 2.25. The van der Waals surface area contributed by atoms with Crippen molar-refractivity contribution in [2.24, 2.45) is 4.99 Å². The maximum atomic E-state index is 4.50. The first-order chi connectivity index (χ1) is 12.3. The fourth-order valence-electron chi connectivity index (χ4n) is 3.27. The summed E-state index contributed by atoms with van der Waals surface area (Å²) < 4.78 is 2.00. The molecule has 0 amide bonds. The standard InChI is InChI=1S/C19H19N5S/c1-13(23-12-20-10-16-8-9-25-19(16)23)14-2-4-15(5-3-14)18-11-24(22-21-18)17-6-7-17/h2-5,8-11,13,17H,6-7,12H2,1H3/t13-/m0/s1. The number of hydrogen-bond donors (Lipinski definition) is 0. The van der Waals surface area contributed by atoms with Gasteiger partial charge in [0, 0.05) is 17.3 Å². The van der Waals surface area contributed by atoms with Gasteiger partial charge in [0.05, 0.1) is 18.3 Å². The molecule has 0 N–H and O–H groups in total. The molecule has 0 spiro atoms. The molecule has 126 valence electrons. The highest BCUT2D eigenvalue weighted by atomic mass is 32.1. The summed E-state index contributed by atoms with van der Waals surface area (Å²) in [5.41, 5.74) is 4.58. The zero-order valence-corrected chi connectivity index (χ0v) is 14.9. The Morgan fingerprint density at radius 2 is 2.00 bits per heavy atom. The van der Waals surface area contributed by atoms with Crippen molar-refractivity contribution in [1.29, 1.82) is 0 Å². The fourth-order valence-corrected chi connectivity index (χ4v) is 4.22. The Balaban J connectivity index is 1.38. The van der Waals surface area contributed by atoms with Gasteiger partial charge in [-0.2, -0.15) is 0 Å². The molecule has 5 rings (SSSR count). The molecule has 1 atom stereocenters. The molecule has 1 aromatic carbocycles. The average Bonchev–Trinajstić information content (AvgIpc) is 3.19. The summed E-state index contributed by atoms with van der Waals surface area (Å²) >= 11 is 1.78. The van der Waals surface area contributed by atoms with Crippen LogP contribution in [0.5, 0.6) is 0 Å². The summed E-state index contributed by atoms with van der Waals surface area (Å²) in [6.07, 6.45) is 6.49. The van der Waals surface area contributed by atoms with Gasteiger partial charge in [0.15, 0.2) is 0 Å². The SMILES string of the molecule is C[C@@H](c1ccc(-c2cn(C3CC3)nn2)cc1)N1CN=Cc2ccsc21. The molecule has 25 heavy (non-hydrogen) atoms. The largest absolute Gasteiger partial charge is 0.337 e. The number of rotatable bonds is 4. The minimum absolute atomic E-state index is 0.283. The van der Waals surface area contributed by atoms with Crippen LogP contribution in [0, 0.1) is 0 Å². The van der Waals surface area contributed by atoms with E-state index in [0.29, 0.717) is 12.7 Å². The summed E-state index contributed by atoms with van der Waals surface area (Å²) in [5, 5.41) is 12.0. The molecule has 1 aliphatic heterocycles. The Kier molecular flexibility index (Phi) is 3.45. The van der Waals surface area contributed by atoms with Crippen molar-refractivity contribution in [3.05, 3.63) is 53.0 Å². The molecule has 0 radical (unpaired) electrons. The maximum Gasteiger partial charge on any atom is 0.113 e. The number of hydrogen-bond acceptors (Lipinski definition) is 5. The van der Waals surface area contributed by atoms with Crippen LogP contribution in [0.3, 0.4) is 0 Å². The van der Waals surface area contributed by atoms with Crippen molar-refractivity contribution in [3.8, 4) is 11.3 Å². The molecule has 1 fully saturated rings. The topological polar surface area (TPSA) is 46.3 Å². The fraction of sp³-hybridized carbons (Fsp3) is 0.316. The first kappa shape index (κ1) is 14.8. The first-order valence-electron chi connectivity index (χ1n) is 8.66. The molecular weight excluding hydrogens is 330 g/mol. The molecule has 3 heterocycles. The van der Waals surface area contributed by atoms with E-state index >= 15 is 0 Å². The first-order valence-corrected chi connectivity index (χ1v) is 9.54. The van der Waals surface area contributed by atoms with Crippen LogP contribution in [0.25, 0.3) is 11.3 Å². The van der Waals surface area contributed by atoms with Crippen molar-refractivity contribution in [1.82, 2.24) is 15.0 Å². The lowest BCUT2D eigenvalue weighted by atomic mass is 10.0. The Hall–Kier alpha value is -2.47. The van der Waals surface area contributed by atoms with Gasteiger partial charge >= 0.3 is 0 Å². The van der Waals surface area contributed by atoms with Crippen LogP contribution in [0.1, 0.15) is 43.0 Å². The average molecular weight is 349 g/mol. The van der Waals surface area contributed by atoms with E-state index in [-0.39, 0.29) is 6.04 Å². The molecule has 3 aromatic rings. The third-order valence-electron chi connectivity index (χ3n) is 4.99. The smallest absolute Gasteiger partial charge is 0.113 e. The molecule has 5 nitrogen and oxygen atoms in total. The predicted octanol–water partition coefficient (Wildman–Crippen LogP) is 4.30. The van der Waals surface area contributed by atoms with E-state index < -0.39 is 0 Å². The van der Waals surface area contributed by atoms with Crippen LogP contribution >= 0.6 is 11.3 Å². The second-order valence-corrected chi connectivity index (χ2v) is 7.61. The summed E-state index contributed by atoms with van der Waals surface area (Å²) in [5.74, 6) is 0. The number of thiophene rings is 1. The van der Waals surface area contributed by atoms with Crippen LogP contribution in [-0.2, 0) is 0 Å². The quantitative estimate of drug-likeness (QED) is 0.705. The molecular formula is C19H19N5S. The number of aliphatic imine (C=N–C) groups is 1. The van der Waals surface area contributed by atoms with E-state index in [4.69, 9.17) is 0 Å². The van der Waals surface area contributed by atoms with Gasteiger partial charge in [-0.3, -0.25) is 4.99 Å². The van der Waals surface area contributed by atoms with Crippen molar-refractivity contribution in [2.45, 2.75) is 31.8 Å². The summed E-state index contributed by atoms with van der Waals surface area (Å²) in [4.78, 5) is 6.86. The van der Waals surface area contributed by atoms with Gasteiger partial charge in [-0.25, -0.2) is 4.68 Å². The highest BCUT2D eigenvalue weighted by molar-refractivity contribution is 7.14. The monoisotopic (exact) mass is 349 g/mol. The lowest BCUT2D eigenvalue weighted by Crippen LogP contribution is -2.29. The van der Waals surface area contributed by atoms with Gasteiger partial charge in [-0.05, 0) is 36.8 Å². The van der Waals surface area contributed by atoms with Gasteiger partial charge < -0.3 is 4.90 Å². The zero-order valence-electron chi connectivity index (χ0n) is 14.0. The van der Waals surface area contributed by atoms with Crippen LogP contribution in [0.4, 0.5) is 5.00 Å². The van der Waals surface area contributed by atoms with E-state index in [1.165, 1.54) is 29.0 Å². The Labute approximate surface area is 150 Å². The lowest BCUT2D eigenvalue weighted by molar-refractivity contribution is 0.610. The zero-order chi connectivity index (χ0) is 16.8. The third-order valence-corrected chi connectivity index (χ3v) is 5.95. The van der Waals surface area contributed by atoms with Crippen molar-refractivity contribution >= 4 is 22.6 Å². The number of benzene rings is 1. The third kappa shape index (κ3) is 2.66. The van der Waals surface area contributed by atoms with E-state index in [1.54, 1.807) is 11.3 Å². The van der Waals surface area contributed by atoms with Gasteiger partial charge in [-0.1, -0.05) is 29.5 Å². The minimum atomic E-state index is 0.283. The summed E-state index contributed by atoms with van der Waals surface area (Å²) in [6, 6.07) is 11.7. The van der Waals surface area contributed by atoms with Crippen molar-refractivity contribution in [3.63, 3.8) is 0 Å². The number of aromatic nitrogens is 3. The van der Waals surface area contributed by atoms with Crippen molar-refractivity contribution in [2.75, 3.05) is 11.6 Å². The van der Waals surface area contributed by atoms with Gasteiger partial charge in [-0.15, -0.1) is 16.4 Å². The van der Waals surface area contributed by atoms with Crippen LogP contribution in [0.15, 0.2) is 46.9 Å². The highest BCUT2D eigenvalue weighted by Crippen LogP contribution is 2.36. The molecule has 1 aliphatic carbocycles. The molecule has 6 heteroatoms. The summed E-state index contributed by atoms with van der Waals surface area (Å²) in [6.45, 7) is 2.95. The van der Waals surface area contributed by atoms with Crippen LogP contribution in [0.2, 0.25) is 0 Å². The summed E-state index contributed by atoms with van der Waals surface area (Å²) in [7, 11) is 0. The van der Waals surface area contributed by atoms with Crippen molar-refractivity contribution < 1.29 is 0 Å². The normalized spacial score (nSPS) is 17.6. The van der Waals surface area contributed by atoms with Crippen LogP contribution < -0.4 is 4.90 Å². The molecule has 0 bridgehead atoms. The molecule has 0 unspecified atom stereocenters. The second-order valence-electron chi connectivity index (χ2n) is 6.72. The molecule has 1 saturated carbocycles. The van der Waals surface area contributed by atoms with Crippen LogP contribution in [-0.4, -0.2) is 27.9 Å². The maximum absolute atomic E-state index is 4.50. The lowest BCUT2D eigenvalue weighted by Gasteiger charge is -2.31. The number of fused-ring (bicyclic) bond motifs is 1. The van der Waals surface area contributed by atoms with E-state index in [0.717, 1.165) is 11.3 Å². The van der Waals surface area contributed by atoms with E-state index in [9.17, 15) is 0 Å². The van der Waals surface area contributed by atoms with E-state index in [1.807, 2.05) is 10.9 Å². The number of anilines is 1. The van der Waals surface area contributed by atoms with E-state index in [2.05, 4.69) is 69.0 Å². The molecule has 0 saturated heterocycles. The Morgan fingerprint density at radius 1 is 1.16 bits per heavy atom. The second kappa shape index (κ2) is 5.81. The molecule has 2 aliphatic rings.